The molecule has 2 heterocycles. The first-order chi connectivity index (χ1) is 17.4. The van der Waals surface area contributed by atoms with E-state index < -0.39 is 24.0 Å². The van der Waals surface area contributed by atoms with Crippen LogP contribution in [0.25, 0.3) is 0 Å². The first-order valence-electron chi connectivity index (χ1n) is 11.7. The van der Waals surface area contributed by atoms with Gasteiger partial charge in [0.2, 0.25) is 5.91 Å². The molecule has 186 valence electrons. The Morgan fingerprint density at radius 2 is 1.64 bits per heavy atom. The molecule has 8 nitrogen and oxygen atoms in total. The number of hydrogen-bond donors (Lipinski definition) is 1. The van der Waals surface area contributed by atoms with E-state index in [1.165, 1.54) is 4.90 Å². The molecule has 36 heavy (non-hydrogen) atoms. The Bertz CT molecular complexity index is 1300. The summed E-state index contributed by atoms with van der Waals surface area (Å²) in [6.45, 7) is 4.50. The number of amides is 2. The molecule has 0 spiro atoms. The number of hydroxylamine groups is 1. The molecule has 3 atom stereocenters. The lowest BCUT2D eigenvalue weighted by Gasteiger charge is -2.29. The zero-order valence-electron chi connectivity index (χ0n) is 19.8. The highest BCUT2D eigenvalue weighted by Crippen LogP contribution is 2.50. The van der Waals surface area contributed by atoms with Crippen LogP contribution in [0.1, 0.15) is 25.5 Å². The Kier molecular flexibility index (Phi) is 6.59. The maximum atomic E-state index is 13.9. The van der Waals surface area contributed by atoms with Gasteiger partial charge in [-0.05, 0) is 71.7 Å². The monoisotopic (exact) mass is 552 g/mol. The van der Waals surface area contributed by atoms with Crippen molar-refractivity contribution in [2.24, 2.45) is 5.92 Å². The van der Waals surface area contributed by atoms with Gasteiger partial charge in [-0.1, -0.05) is 24.3 Å². The van der Waals surface area contributed by atoms with Crippen molar-refractivity contribution in [2.45, 2.75) is 26.0 Å². The minimum Gasteiger partial charge on any atom is -0.503 e. The Labute approximate surface area is 217 Å². The summed E-state index contributed by atoms with van der Waals surface area (Å²) in [6, 6.07) is 19.0. The van der Waals surface area contributed by atoms with Crippen molar-refractivity contribution in [3.63, 3.8) is 0 Å². The number of carbonyl (C=O) groups excluding carboxylic acids is 2. The number of hydrogen-bond acceptors (Lipinski definition) is 7. The van der Waals surface area contributed by atoms with Crippen molar-refractivity contribution in [2.75, 3.05) is 23.2 Å². The maximum Gasteiger partial charge on any atom is 0.266 e. The number of rotatable bonds is 7. The molecule has 2 aliphatic heterocycles. The summed E-state index contributed by atoms with van der Waals surface area (Å²) in [7, 11) is 0. The van der Waals surface area contributed by atoms with Gasteiger partial charge in [0.25, 0.3) is 5.91 Å². The van der Waals surface area contributed by atoms with Gasteiger partial charge in [-0.2, -0.15) is 0 Å². The lowest BCUT2D eigenvalue weighted by Crippen LogP contribution is -2.37. The van der Waals surface area contributed by atoms with Gasteiger partial charge in [0.15, 0.2) is 17.6 Å². The molecule has 2 fully saturated rings. The van der Waals surface area contributed by atoms with Crippen LogP contribution in [0.2, 0.25) is 0 Å². The van der Waals surface area contributed by atoms with Crippen molar-refractivity contribution >= 4 is 39.1 Å². The molecule has 0 bridgehead atoms. The summed E-state index contributed by atoms with van der Waals surface area (Å²) in [5.41, 5.74) is 1.79. The highest BCUT2D eigenvalue weighted by Gasteiger charge is 2.60. The topological polar surface area (TPSA) is 88.5 Å². The lowest BCUT2D eigenvalue weighted by atomic mass is 9.90. The van der Waals surface area contributed by atoms with Crippen LogP contribution in [0.4, 0.5) is 11.4 Å². The number of imide groups is 1. The SMILES string of the molecule is CCOc1cccc(N2C(=O)[C@@H]3[C@@H](ON(c4ccccc4)[C@H]3c3cc(Br)c(O)c(OCC)c3)C2=O)c1. The minimum atomic E-state index is -1.01. The molecule has 0 aromatic heterocycles. The highest BCUT2D eigenvalue weighted by molar-refractivity contribution is 9.10. The molecule has 2 saturated heterocycles. The summed E-state index contributed by atoms with van der Waals surface area (Å²) in [6.07, 6.45) is -1.01. The summed E-state index contributed by atoms with van der Waals surface area (Å²) >= 11 is 3.40. The van der Waals surface area contributed by atoms with E-state index in [1.807, 2.05) is 44.2 Å². The number of benzene rings is 3. The fourth-order valence-electron chi connectivity index (χ4n) is 4.72. The number of aromatic hydroxyl groups is 1. The van der Waals surface area contributed by atoms with Crippen LogP contribution in [-0.2, 0) is 14.4 Å². The summed E-state index contributed by atoms with van der Waals surface area (Å²) in [5.74, 6) is -0.824. The predicted molar refractivity (Wildman–Crippen MR) is 137 cm³/mol. The Morgan fingerprint density at radius 3 is 2.36 bits per heavy atom. The molecule has 0 unspecified atom stereocenters. The fraction of sp³-hybridized carbons (Fsp3) is 0.259. The number of phenols is 1. The second-order valence-electron chi connectivity index (χ2n) is 8.38. The molecule has 0 radical (unpaired) electrons. The molecular weight excluding hydrogens is 528 g/mol. The van der Waals surface area contributed by atoms with Gasteiger partial charge in [-0.25, -0.2) is 9.96 Å². The number of nitrogens with zero attached hydrogens (tertiary/aromatic N) is 2. The number of phenolic OH excluding ortho intramolecular Hbond substituents is 1. The number of para-hydroxylation sites is 1. The van der Waals surface area contributed by atoms with Crippen LogP contribution < -0.4 is 19.4 Å². The Balaban J connectivity index is 1.60. The van der Waals surface area contributed by atoms with Gasteiger partial charge in [0.05, 0.1) is 35.1 Å². The molecule has 3 aromatic carbocycles. The second-order valence-corrected chi connectivity index (χ2v) is 9.24. The van der Waals surface area contributed by atoms with E-state index in [0.717, 1.165) is 0 Å². The zero-order chi connectivity index (χ0) is 25.4. The fourth-order valence-corrected chi connectivity index (χ4v) is 5.18. The van der Waals surface area contributed by atoms with Crippen molar-refractivity contribution in [3.8, 4) is 17.2 Å². The number of halogens is 1. The highest BCUT2D eigenvalue weighted by atomic mass is 79.9. The van der Waals surface area contributed by atoms with Gasteiger partial charge < -0.3 is 14.6 Å². The van der Waals surface area contributed by atoms with Crippen LogP contribution in [0, 0.1) is 5.92 Å². The molecule has 2 amide bonds. The summed E-state index contributed by atoms with van der Waals surface area (Å²) in [4.78, 5) is 34.8. The van der Waals surface area contributed by atoms with Crippen LogP contribution in [0.3, 0.4) is 0 Å². The Hall–Kier alpha value is -3.56. The smallest absolute Gasteiger partial charge is 0.266 e. The van der Waals surface area contributed by atoms with E-state index >= 15 is 0 Å². The van der Waals surface area contributed by atoms with E-state index in [0.29, 0.717) is 40.4 Å². The third kappa shape index (κ3) is 4.08. The number of carbonyl (C=O) groups is 2. The van der Waals surface area contributed by atoms with Gasteiger partial charge in [-0.15, -0.1) is 0 Å². The zero-order valence-corrected chi connectivity index (χ0v) is 21.3. The van der Waals surface area contributed by atoms with Crippen molar-refractivity contribution in [3.05, 3.63) is 76.8 Å². The van der Waals surface area contributed by atoms with Crippen LogP contribution in [0.15, 0.2) is 71.2 Å². The van der Waals surface area contributed by atoms with Crippen LogP contribution in [-0.4, -0.2) is 36.2 Å². The minimum absolute atomic E-state index is 0.0366. The molecule has 1 N–H and O–H groups in total. The number of ether oxygens (including phenoxy) is 2. The average molecular weight is 553 g/mol. The summed E-state index contributed by atoms with van der Waals surface area (Å²) < 4.78 is 11.6. The largest absolute Gasteiger partial charge is 0.503 e. The maximum absolute atomic E-state index is 13.9. The van der Waals surface area contributed by atoms with Gasteiger partial charge >= 0.3 is 0 Å². The third-order valence-electron chi connectivity index (χ3n) is 6.21. The van der Waals surface area contributed by atoms with E-state index in [-0.39, 0.29) is 17.4 Å². The van der Waals surface area contributed by atoms with Gasteiger partial charge in [0, 0.05) is 6.07 Å². The molecule has 3 aromatic rings. The van der Waals surface area contributed by atoms with Crippen LogP contribution >= 0.6 is 15.9 Å². The molecule has 2 aliphatic rings. The van der Waals surface area contributed by atoms with Gasteiger partial charge in [-0.3, -0.25) is 14.4 Å². The van der Waals surface area contributed by atoms with E-state index in [2.05, 4.69) is 15.9 Å². The molecule has 9 heteroatoms. The standard InChI is InChI=1S/C27H25BrN2O6/c1-3-34-19-12-8-11-18(15-19)29-26(32)22-23(16-13-20(28)24(31)21(14-16)35-4-2)30(36-25(22)27(29)33)17-9-6-5-7-10-17/h5-15,22-23,25,31H,3-4H2,1-2H3/t22-,23-,25+/m0/s1. The van der Waals surface area contributed by atoms with Crippen molar-refractivity contribution < 1.29 is 29.0 Å². The van der Waals surface area contributed by atoms with E-state index in [4.69, 9.17) is 14.3 Å². The third-order valence-corrected chi connectivity index (χ3v) is 6.81. The van der Waals surface area contributed by atoms with Crippen molar-refractivity contribution in [1.82, 2.24) is 0 Å². The number of anilines is 2. The average Bonchev–Trinajstić information content (AvgIpc) is 3.39. The molecular formula is C27H25BrN2O6. The van der Waals surface area contributed by atoms with Gasteiger partial charge in [0.1, 0.15) is 11.7 Å². The predicted octanol–water partition coefficient (Wildman–Crippen LogP) is 5.00. The quantitative estimate of drug-likeness (QED) is 0.412. The second kappa shape index (κ2) is 9.83. The lowest BCUT2D eigenvalue weighted by molar-refractivity contribution is -0.126. The van der Waals surface area contributed by atoms with Crippen molar-refractivity contribution in [1.29, 1.82) is 0 Å². The summed E-state index contributed by atoms with van der Waals surface area (Å²) in [5, 5.41) is 12.1. The molecule has 0 saturated carbocycles. The molecule has 5 rings (SSSR count). The Morgan fingerprint density at radius 1 is 0.917 bits per heavy atom. The normalized spacial score (nSPS) is 21.1. The first kappa shape index (κ1) is 24.1. The van der Waals surface area contributed by atoms with E-state index in [1.54, 1.807) is 41.5 Å². The van der Waals surface area contributed by atoms with E-state index in [9.17, 15) is 14.7 Å². The number of fused-ring (bicyclic) bond motifs is 1. The van der Waals surface area contributed by atoms with Crippen LogP contribution in [0.5, 0.6) is 17.2 Å². The first-order valence-corrected chi connectivity index (χ1v) is 12.5. The molecule has 0 aliphatic carbocycles.